The maximum absolute atomic E-state index is 11.7. The summed E-state index contributed by atoms with van der Waals surface area (Å²) in [5.74, 6) is -2.19. The van der Waals surface area contributed by atoms with Gasteiger partial charge in [0.25, 0.3) is 0 Å². The predicted octanol–water partition coefficient (Wildman–Crippen LogP) is 3.80. The zero-order chi connectivity index (χ0) is 16.0. The summed E-state index contributed by atoms with van der Waals surface area (Å²) in [7, 11) is 0. The van der Waals surface area contributed by atoms with E-state index in [1.165, 1.54) is 0 Å². The van der Waals surface area contributed by atoms with Crippen molar-refractivity contribution in [2.75, 3.05) is 13.2 Å². The normalized spacial score (nSPS) is 11.9. The third kappa shape index (κ3) is 9.58. The summed E-state index contributed by atoms with van der Waals surface area (Å²) >= 11 is 0. The van der Waals surface area contributed by atoms with E-state index in [0.717, 1.165) is 11.1 Å². The van der Waals surface area contributed by atoms with Gasteiger partial charge in [0, 0.05) is 27.7 Å². The van der Waals surface area contributed by atoms with E-state index < -0.39 is 17.7 Å². The number of rotatable bonds is 8. The van der Waals surface area contributed by atoms with Gasteiger partial charge in [0.05, 0.1) is 13.2 Å². The zero-order valence-corrected chi connectivity index (χ0v) is 13.4. The summed E-state index contributed by atoms with van der Waals surface area (Å²) in [4.78, 5) is 11.7. The average molecular weight is 286 g/mol. The molecule has 20 heavy (non-hydrogen) atoms. The number of ether oxygens (including phenoxy) is 4. The molecule has 0 N–H and O–H groups in total. The molecule has 0 rings (SSSR count). The van der Waals surface area contributed by atoms with Crippen molar-refractivity contribution >= 4 is 6.16 Å². The largest absolute Gasteiger partial charge is 0.513 e. The maximum Gasteiger partial charge on any atom is 0.513 e. The van der Waals surface area contributed by atoms with E-state index in [9.17, 15) is 4.79 Å². The van der Waals surface area contributed by atoms with Crippen LogP contribution in [0.5, 0.6) is 0 Å². The van der Waals surface area contributed by atoms with Gasteiger partial charge in [-0.25, -0.2) is 4.79 Å². The van der Waals surface area contributed by atoms with E-state index in [1.807, 2.05) is 13.8 Å². The SMILES string of the molecule is C=C(C)COC(C)(C)OC(=O)OC(C)(C)OCC(=C)C. The first kappa shape index (κ1) is 18.7. The lowest BCUT2D eigenvalue weighted by Gasteiger charge is -2.29. The first-order chi connectivity index (χ1) is 8.93. The van der Waals surface area contributed by atoms with Gasteiger partial charge in [0.2, 0.25) is 11.6 Å². The molecular formula is C15H26O5. The highest BCUT2D eigenvalue weighted by atomic mass is 16.8. The summed E-state index contributed by atoms with van der Waals surface area (Å²) in [6.45, 7) is 18.2. The van der Waals surface area contributed by atoms with Crippen LogP contribution < -0.4 is 0 Å². The Labute approximate surface area is 121 Å². The van der Waals surface area contributed by atoms with Crippen LogP contribution in [0.2, 0.25) is 0 Å². The fourth-order valence-corrected chi connectivity index (χ4v) is 1.08. The van der Waals surface area contributed by atoms with Crippen LogP contribution in [0, 0.1) is 0 Å². The lowest BCUT2D eigenvalue weighted by atomic mass is 10.3. The zero-order valence-electron chi connectivity index (χ0n) is 13.4. The molecule has 0 aromatic rings. The van der Waals surface area contributed by atoms with Gasteiger partial charge < -0.3 is 18.9 Å². The second-order valence-electron chi connectivity index (χ2n) is 5.75. The van der Waals surface area contributed by atoms with E-state index in [0.29, 0.717) is 13.2 Å². The van der Waals surface area contributed by atoms with Gasteiger partial charge in [-0.15, -0.1) is 0 Å². The van der Waals surface area contributed by atoms with E-state index >= 15 is 0 Å². The van der Waals surface area contributed by atoms with Crippen molar-refractivity contribution in [2.45, 2.75) is 53.1 Å². The minimum absolute atomic E-state index is 0.301. The van der Waals surface area contributed by atoms with Crippen LogP contribution in [0.15, 0.2) is 24.3 Å². The van der Waals surface area contributed by atoms with Crippen molar-refractivity contribution in [3.63, 3.8) is 0 Å². The molecule has 5 heteroatoms. The molecule has 0 aliphatic rings. The molecule has 0 spiro atoms. The van der Waals surface area contributed by atoms with Crippen molar-refractivity contribution < 1.29 is 23.7 Å². The Kier molecular flexibility index (Phi) is 6.96. The molecule has 0 fully saturated rings. The van der Waals surface area contributed by atoms with Gasteiger partial charge in [-0.2, -0.15) is 0 Å². The van der Waals surface area contributed by atoms with Crippen LogP contribution in [0.4, 0.5) is 4.79 Å². The molecule has 0 aromatic heterocycles. The minimum Gasteiger partial charge on any atom is -0.402 e. The molecule has 0 atom stereocenters. The van der Waals surface area contributed by atoms with Gasteiger partial charge in [0.15, 0.2) is 0 Å². The minimum atomic E-state index is -1.10. The van der Waals surface area contributed by atoms with E-state index in [4.69, 9.17) is 18.9 Å². The number of carbonyl (C=O) groups excluding carboxylic acids is 1. The Morgan fingerprint density at radius 2 is 1.15 bits per heavy atom. The smallest absolute Gasteiger partial charge is 0.402 e. The van der Waals surface area contributed by atoms with Crippen LogP contribution in [0.3, 0.4) is 0 Å². The lowest BCUT2D eigenvalue weighted by molar-refractivity contribution is -0.226. The number of hydrogen-bond donors (Lipinski definition) is 0. The molecule has 0 amide bonds. The summed E-state index contributed by atoms with van der Waals surface area (Å²) in [6, 6.07) is 0. The van der Waals surface area contributed by atoms with Crippen LogP contribution >= 0.6 is 0 Å². The predicted molar refractivity (Wildman–Crippen MR) is 77.3 cm³/mol. The summed E-state index contributed by atoms with van der Waals surface area (Å²) < 4.78 is 21.0. The van der Waals surface area contributed by atoms with Crippen LogP contribution in [0.1, 0.15) is 41.5 Å². The number of carbonyl (C=O) groups is 1. The van der Waals surface area contributed by atoms with Gasteiger partial charge in [0.1, 0.15) is 0 Å². The molecule has 5 nitrogen and oxygen atoms in total. The van der Waals surface area contributed by atoms with E-state index in [-0.39, 0.29) is 0 Å². The Morgan fingerprint density at radius 3 is 1.40 bits per heavy atom. The third-order valence-electron chi connectivity index (χ3n) is 1.99. The first-order valence-electron chi connectivity index (χ1n) is 6.42. The first-order valence-corrected chi connectivity index (χ1v) is 6.42. The van der Waals surface area contributed by atoms with Crippen LogP contribution in [-0.4, -0.2) is 30.9 Å². The second-order valence-corrected chi connectivity index (χ2v) is 5.75. The molecule has 0 unspecified atom stereocenters. The van der Waals surface area contributed by atoms with Crippen molar-refractivity contribution in [2.24, 2.45) is 0 Å². The molecule has 0 radical (unpaired) electrons. The number of hydrogen-bond acceptors (Lipinski definition) is 5. The molecule has 0 aliphatic heterocycles. The summed E-state index contributed by atoms with van der Waals surface area (Å²) in [5.41, 5.74) is 1.67. The summed E-state index contributed by atoms with van der Waals surface area (Å²) in [5, 5.41) is 0. The molecule has 116 valence electrons. The molecule has 0 saturated heterocycles. The quantitative estimate of drug-likeness (QED) is 0.386. The Bertz CT molecular complexity index is 334. The standard InChI is InChI=1S/C15H26O5/c1-11(2)9-17-14(5,6)19-13(16)20-15(7,8)18-10-12(3)4/h1,3,9-10H2,2,4-8H3. The highest BCUT2D eigenvalue weighted by Crippen LogP contribution is 2.18. The molecule has 0 aromatic carbocycles. The molecule has 0 saturated carbocycles. The van der Waals surface area contributed by atoms with Crippen molar-refractivity contribution in [3.05, 3.63) is 24.3 Å². The Morgan fingerprint density at radius 1 is 0.850 bits per heavy atom. The lowest BCUT2D eigenvalue weighted by Crippen LogP contribution is -2.37. The van der Waals surface area contributed by atoms with E-state index in [2.05, 4.69) is 13.2 Å². The topological polar surface area (TPSA) is 54.0 Å². The molecule has 0 aliphatic carbocycles. The monoisotopic (exact) mass is 286 g/mol. The third-order valence-corrected chi connectivity index (χ3v) is 1.99. The highest BCUT2D eigenvalue weighted by Gasteiger charge is 2.30. The summed E-state index contributed by atoms with van der Waals surface area (Å²) in [6.07, 6.45) is -0.858. The van der Waals surface area contributed by atoms with Gasteiger partial charge in [-0.05, 0) is 13.8 Å². The van der Waals surface area contributed by atoms with Crippen molar-refractivity contribution in [3.8, 4) is 0 Å². The fourth-order valence-electron chi connectivity index (χ4n) is 1.08. The molecule has 0 bridgehead atoms. The average Bonchev–Trinajstić information content (AvgIpc) is 2.22. The maximum atomic E-state index is 11.7. The Balaban J connectivity index is 4.32. The Hall–Kier alpha value is -1.33. The highest BCUT2D eigenvalue weighted by molar-refractivity contribution is 5.60. The molecule has 0 heterocycles. The van der Waals surface area contributed by atoms with Crippen molar-refractivity contribution in [1.82, 2.24) is 0 Å². The van der Waals surface area contributed by atoms with E-state index in [1.54, 1.807) is 27.7 Å². The van der Waals surface area contributed by atoms with Crippen LogP contribution in [0.25, 0.3) is 0 Å². The van der Waals surface area contributed by atoms with Crippen LogP contribution in [-0.2, 0) is 18.9 Å². The van der Waals surface area contributed by atoms with Gasteiger partial charge >= 0.3 is 6.16 Å². The fraction of sp³-hybridized carbons (Fsp3) is 0.667. The van der Waals surface area contributed by atoms with Gasteiger partial charge in [-0.3, -0.25) is 0 Å². The molecular weight excluding hydrogens is 260 g/mol. The van der Waals surface area contributed by atoms with Crippen molar-refractivity contribution in [1.29, 1.82) is 0 Å². The van der Waals surface area contributed by atoms with Gasteiger partial charge in [-0.1, -0.05) is 24.3 Å². The second kappa shape index (κ2) is 7.45.